The van der Waals surface area contributed by atoms with Gasteiger partial charge in [0.1, 0.15) is 18.0 Å². The molecule has 128 valence electrons. The molecule has 0 bridgehead atoms. The van der Waals surface area contributed by atoms with E-state index in [0.717, 1.165) is 44.2 Å². The molecule has 8 heteroatoms. The number of hydrogen-bond acceptors (Lipinski definition) is 7. The maximum absolute atomic E-state index is 11.7. The lowest BCUT2D eigenvalue weighted by molar-refractivity contribution is 0.120. The minimum Gasteiger partial charge on any atom is -0.376 e. The van der Waals surface area contributed by atoms with Gasteiger partial charge in [-0.15, -0.1) is 0 Å². The molecule has 0 radical (unpaired) electrons. The Balaban J connectivity index is 1.67. The van der Waals surface area contributed by atoms with E-state index in [1.165, 1.54) is 6.33 Å². The van der Waals surface area contributed by atoms with Crippen LogP contribution in [-0.2, 0) is 14.6 Å². The van der Waals surface area contributed by atoms with Gasteiger partial charge in [0.25, 0.3) is 0 Å². The Morgan fingerprint density at radius 3 is 2.91 bits per heavy atom. The molecule has 2 saturated heterocycles. The molecule has 1 N–H and O–H groups in total. The van der Waals surface area contributed by atoms with E-state index in [1.54, 1.807) is 0 Å². The summed E-state index contributed by atoms with van der Waals surface area (Å²) < 4.78 is 29.0. The number of nitrogens with one attached hydrogen (secondary N) is 1. The van der Waals surface area contributed by atoms with Crippen molar-refractivity contribution >= 4 is 21.5 Å². The van der Waals surface area contributed by atoms with Crippen LogP contribution in [0.2, 0.25) is 0 Å². The molecular formula is C15H24N4O3S. The molecule has 1 aromatic heterocycles. The Hall–Kier alpha value is -1.41. The molecule has 0 spiro atoms. The van der Waals surface area contributed by atoms with Crippen molar-refractivity contribution in [1.82, 2.24) is 9.97 Å². The van der Waals surface area contributed by atoms with Crippen molar-refractivity contribution in [3.63, 3.8) is 0 Å². The minimum absolute atomic E-state index is 0.00548. The van der Waals surface area contributed by atoms with Crippen molar-refractivity contribution in [2.75, 3.05) is 41.4 Å². The van der Waals surface area contributed by atoms with Gasteiger partial charge in [0.05, 0.1) is 17.6 Å². The Morgan fingerprint density at radius 1 is 1.39 bits per heavy atom. The molecule has 0 amide bonds. The summed E-state index contributed by atoms with van der Waals surface area (Å²) in [4.78, 5) is 10.6. The van der Waals surface area contributed by atoms with Crippen LogP contribution in [0.5, 0.6) is 0 Å². The van der Waals surface area contributed by atoms with E-state index in [0.29, 0.717) is 6.42 Å². The average Bonchev–Trinajstić information content (AvgIpc) is 3.16. The number of nitrogens with zero attached hydrogens (tertiary/aromatic N) is 3. The standard InChI is InChI=1S/C15H24N4O3S/c1-2-19(12-5-7-23(20,21)10-12)15-8-14(17-11-18-15)16-9-13-4-3-6-22-13/h8,11-13H,2-7,9-10H2,1H3,(H,16,17,18). The summed E-state index contributed by atoms with van der Waals surface area (Å²) in [7, 11) is -2.91. The van der Waals surface area contributed by atoms with Crippen LogP contribution in [-0.4, -0.2) is 61.7 Å². The topological polar surface area (TPSA) is 84.4 Å². The highest BCUT2D eigenvalue weighted by atomic mass is 32.2. The van der Waals surface area contributed by atoms with Crippen LogP contribution in [0, 0.1) is 0 Å². The lowest BCUT2D eigenvalue weighted by atomic mass is 10.2. The molecule has 2 unspecified atom stereocenters. The molecule has 0 saturated carbocycles. The van der Waals surface area contributed by atoms with E-state index in [1.807, 2.05) is 13.0 Å². The van der Waals surface area contributed by atoms with Gasteiger partial charge in [0, 0.05) is 31.8 Å². The average molecular weight is 340 g/mol. The SMILES string of the molecule is CCN(c1cc(NCC2CCCO2)ncn1)C1CCS(=O)(=O)C1. The highest BCUT2D eigenvalue weighted by Gasteiger charge is 2.32. The van der Waals surface area contributed by atoms with Crippen LogP contribution in [0.1, 0.15) is 26.2 Å². The molecule has 0 aliphatic carbocycles. The Morgan fingerprint density at radius 2 is 2.26 bits per heavy atom. The number of hydrogen-bond donors (Lipinski definition) is 1. The number of rotatable bonds is 6. The maximum atomic E-state index is 11.7. The van der Waals surface area contributed by atoms with Crippen LogP contribution in [0.4, 0.5) is 11.6 Å². The smallest absolute Gasteiger partial charge is 0.152 e. The van der Waals surface area contributed by atoms with Crippen molar-refractivity contribution < 1.29 is 13.2 Å². The van der Waals surface area contributed by atoms with E-state index in [-0.39, 0.29) is 23.7 Å². The van der Waals surface area contributed by atoms with Crippen LogP contribution in [0.15, 0.2) is 12.4 Å². The van der Waals surface area contributed by atoms with Gasteiger partial charge in [-0.25, -0.2) is 18.4 Å². The van der Waals surface area contributed by atoms with Gasteiger partial charge in [0.15, 0.2) is 9.84 Å². The minimum atomic E-state index is -2.91. The first-order valence-corrected chi connectivity index (χ1v) is 10.0. The Labute approximate surface area is 137 Å². The molecule has 2 atom stereocenters. The predicted octanol–water partition coefficient (Wildman–Crippen LogP) is 1.08. The fourth-order valence-electron chi connectivity index (χ4n) is 3.25. The zero-order valence-electron chi connectivity index (χ0n) is 13.4. The molecule has 3 heterocycles. The van der Waals surface area contributed by atoms with Gasteiger partial charge in [-0.05, 0) is 26.2 Å². The summed E-state index contributed by atoms with van der Waals surface area (Å²) in [5.41, 5.74) is 0. The maximum Gasteiger partial charge on any atom is 0.152 e. The van der Waals surface area contributed by atoms with Gasteiger partial charge >= 0.3 is 0 Å². The van der Waals surface area contributed by atoms with Crippen molar-refractivity contribution in [2.45, 2.75) is 38.3 Å². The molecule has 23 heavy (non-hydrogen) atoms. The molecule has 3 rings (SSSR count). The molecule has 2 fully saturated rings. The van der Waals surface area contributed by atoms with E-state index < -0.39 is 9.84 Å². The second-order valence-corrected chi connectivity index (χ2v) is 8.35. The lowest BCUT2D eigenvalue weighted by Gasteiger charge is -2.28. The highest BCUT2D eigenvalue weighted by Crippen LogP contribution is 2.24. The summed E-state index contributed by atoms with van der Waals surface area (Å²) >= 11 is 0. The summed E-state index contributed by atoms with van der Waals surface area (Å²) in [5, 5.41) is 3.29. The van der Waals surface area contributed by atoms with Crippen molar-refractivity contribution in [3.05, 3.63) is 12.4 Å². The van der Waals surface area contributed by atoms with E-state index in [4.69, 9.17) is 4.74 Å². The van der Waals surface area contributed by atoms with Crippen molar-refractivity contribution in [2.24, 2.45) is 0 Å². The number of sulfone groups is 1. The Bertz CT molecular complexity index is 631. The van der Waals surface area contributed by atoms with E-state index >= 15 is 0 Å². The van der Waals surface area contributed by atoms with Crippen LogP contribution in [0.3, 0.4) is 0 Å². The second-order valence-electron chi connectivity index (χ2n) is 6.12. The first-order chi connectivity index (χ1) is 11.1. The Kier molecular flexibility index (Phi) is 5.01. The third kappa shape index (κ3) is 4.11. The van der Waals surface area contributed by atoms with Gasteiger partial charge < -0.3 is 15.0 Å². The quantitative estimate of drug-likeness (QED) is 0.829. The zero-order chi connectivity index (χ0) is 16.3. The zero-order valence-corrected chi connectivity index (χ0v) is 14.3. The van der Waals surface area contributed by atoms with E-state index in [2.05, 4.69) is 20.2 Å². The second kappa shape index (κ2) is 7.00. The number of aromatic nitrogens is 2. The molecule has 2 aliphatic rings. The van der Waals surface area contributed by atoms with Gasteiger partial charge in [0.2, 0.25) is 0 Å². The monoisotopic (exact) mass is 340 g/mol. The van der Waals surface area contributed by atoms with Crippen LogP contribution < -0.4 is 10.2 Å². The van der Waals surface area contributed by atoms with Gasteiger partial charge in [-0.3, -0.25) is 0 Å². The lowest BCUT2D eigenvalue weighted by Crippen LogP contribution is -2.36. The van der Waals surface area contributed by atoms with Gasteiger partial charge in [-0.2, -0.15) is 0 Å². The van der Waals surface area contributed by atoms with Gasteiger partial charge in [-0.1, -0.05) is 0 Å². The highest BCUT2D eigenvalue weighted by molar-refractivity contribution is 7.91. The first kappa shape index (κ1) is 16.4. The van der Waals surface area contributed by atoms with Crippen LogP contribution >= 0.6 is 0 Å². The normalized spacial score (nSPS) is 26.3. The summed E-state index contributed by atoms with van der Waals surface area (Å²) in [5.74, 6) is 2.01. The third-order valence-electron chi connectivity index (χ3n) is 4.47. The van der Waals surface area contributed by atoms with Crippen LogP contribution in [0.25, 0.3) is 0 Å². The molecule has 2 aliphatic heterocycles. The summed E-state index contributed by atoms with van der Waals surface area (Å²) in [6, 6.07) is 1.90. The first-order valence-electron chi connectivity index (χ1n) is 8.22. The summed E-state index contributed by atoms with van der Waals surface area (Å²) in [6.45, 7) is 4.32. The fraction of sp³-hybridized carbons (Fsp3) is 0.733. The molecule has 0 aromatic carbocycles. The molecular weight excluding hydrogens is 316 g/mol. The summed E-state index contributed by atoms with van der Waals surface area (Å²) in [6.07, 6.45) is 4.63. The van der Waals surface area contributed by atoms with Crippen molar-refractivity contribution in [3.8, 4) is 0 Å². The largest absolute Gasteiger partial charge is 0.376 e. The molecule has 1 aromatic rings. The number of ether oxygens (including phenoxy) is 1. The predicted molar refractivity (Wildman–Crippen MR) is 89.6 cm³/mol. The molecule has 7 nitrogen and oxygen atoms in total. The fourth-order valence-corrected chi connectivity index (χ4v) is 4.98. The number of anilines is 2. The third-order valence-corrected chi connectivity index (χ3v) is 6.22. The van der Waals surface area contributed by atoms with E-state index in [9.17, 15) is 8.42 Å². The van der Waals surface area contributed by atoms with Crippen molar-refractivity contribution in [1.29, 1.82) is 0 Å².